The molecule has 0 saturated heterocycles. The van der Waals surface area contributed by atoms with Gasteiger partial charge in [0.15, 0.2) is 0 Å². The third-order valence-electron chi connectivity index (χ3n) is 1.77. The molecular weight excluding hydrogens is 264 g/mol. The third kappa shape index (κ3) is 2.76. The monoisotopic (exact) mass is 272 g/mol. The predicted octanol–water partition coefficient (Wildman–Crippen LogP) is 2.73. The first kappa shape index (κ1) is 11.6. The second-order valence-electron chi connectivity index (χ2n) is 2.78. The van der Waals surface area contributed by atoms with E-state index >= 15 is 0 Å². The van der Waals surface area contributed by atoms with E-state index in [0.717, 1.165) is 0 Å². The molecule has 0 aliphatic heterocycles. The number of benzene rings is 1. The highest BCUT2D eigenvalue weighted by Crippen LogP contribution is 2.24. The predicted molar refractivity (Wildman–Crippen MR) is 60.0 cm³/mol. The van der Waals surface area contributed by atoms with E-state index in [9.17, 15) is 10.1 Å². The second kappa shape index (κ2) is 4.88. The van der Waals surface area contributed by atoms with Crippen molar-refractivity contribution in [2.45, 2.75) is 6.92 Å². The highest BCUT2D eigenvalue weighted by Gasteiger charge is 2.16. The molecular formula is C9H9BrN2O3. The van der Waals surface area contributed by atoms with E-state index in [4.69, 9.17) is 0 Å². The van der Waals surface area contributed by atoms with Crippen molar-refractivity contribution in [1.29, 1.82) is 0 Å². The van der Waals surface area contributed by atoms with Crippen molar-refractivity contribution < 1.29 is 9.76 Å². The van der Waals surface area contributed by atoms with Gasteiger partial charge < -0.3 is 4.84 Å². The molecule has 5 nitrogen and oxygen atoms in total. The molecule has 6 heteroatoms. The molecule has 0 spiro atoms. The maximum atomic E-state index is 10.8. The van der Waals surface area contributed by atoms with Crippen LogP contribution in [-0.4, -0.2) is 17.7 Å². The Balaban J connectivity index is 3.29. The van der Waals surface area contributed by atoms with Gasteiger partial charge in [-0.25, -0.2) is 0 Å². The van der Waals surface area contributed by atoms with Crippen LogP contribution in [0.5, 0.6) is 0 Å². The lowest BCUT2D eigenvalue weighted by Crippen LogP contribution is -2.01. The van der Waals surface area contributed by atoms with Crippen molar-refractivity contribution in [3.05, 3.63) is 38.3 Å². The Morgan fingerprint density at radius 1 is 1.60 bits per heavy atom. The standard InChI is InChI=1S/C9H9BrN2O3/c1-6(11-15-2)8-4-3-7(10)5-9(8)12(13)14/h3-5H,1-2H3/b11-6-. The van der Waals surface area contributed by atoms with E-state index in [0.29, 0.717) is 15.7 Å². The molecule has 1 rings (SSSR count). The van der Waals surface area contributed by atoms with Gasteiger partial charge in [-0.1, -0.05) is 21.1 Å². The average molecular weight is 273 g/mol. The zero-order valence-corrected chi connectivity index (χ0v) is 9.82. The summed E-state index contributed by atoms with van der Waals surface area (Å²) in [6, 6.07) is 4.78. The van der Waals surface area contributed by atoms with Crippen LogP contribution in [0.3, 0.4) is 0 Å². The van der Waals surface area contributed by atoms with Gasteiger partial charge in [0.25, 0.3) is 5.69 Å². The number of nitro groups is 1. The van der Waals surface area contributed by atoms with Crippen molar-refractivity contribution in [1.82, 2.24) is 0 Å². The molecule has 15 heavy (non-hydrogen) atoms. The number of nitrogens with zero attached hydrogens (tertiary/aromatic N) is 2. The molecule has 0 atom stereocenters. The molecule has 0 aliphatic carbocycles. The van der Waals surface area contributed by atoms with E-state index in [2.05, 4.69) is 25.9 Å². The first-order valence-corrected chi connectivity index (χ1v) is 4.87. The number of halogens is 1. The summed E-state index contributed by atoms with van der Waals surface area (Å²) in [5, 5.41) is 14.4. The Bertz CT molecular complexity index is 418. The fourth-order valence-corrected chi connectivity index (χ4v) is 1.50. The highest BCUT2D eigenvalue weighted by molar-refractivity contribution is 9.10. The summed E-state index contributed by atoms with van der Waals surface area (Å²) in [5.41, 5.74) is 0.921. The zero-order valence-electron chi connectivity index (χ0n) is 8.23. The van der Waals surface area contributed by atoms with Crippen molar-refractivity contribution in [2.24, 2.45) is 5.16 Å². The van der Waals surface area contributed by atoms with Crippen LogP contribution in [0, 0.1) is 10.1 Å². The van der Waals surface area contributed by atoms with Gasteiger partial charge >= 0.3 is 0 Å². The number of hydrogen-bond acceptors (Lipinski definition) is 4. The van der Waals surface area contributed by atoms with Gasteiger partial charge in [0.2, 0.25) is 0 Å². The number of nitro benzene ring substituents is 1. The Kier molecular flexibility index (Phi) is 3.79. The fourth-order valence-electron chi connectivity index (χ4n) is 1.15. The first-order chi connectivity index (χ1) is 7.06. The number of oxime groups is 1. The molecule has 0 fully saturated rings. The third-order valence-corrected chi connectivity index (χ3v) is 2.27. The van der Waals surface area contributed by atoms with E-state index in [1.54, 1.807) is 19.1 Å². The molecule has 0 aromatic heterocycles. The van der Waals surface area contributed by atoms with Gasteiger partial charge in [0.05, 0.1) is 16.2 Å². The lowest BCUT2D eigenvalue weighted by molar-refractivity contribution is -0.385. The molecule has 0 amide bonds. The van der Waals surface area contributed by atoms with Crippen molar-refractivity contribution in [3.63, 3.8) is 0 Å². The Labute approximate surface area is 95.0 Å². The van der Waals surface area contributed by atoms with Crippen LogP contribution in [0.1, 0.15) is 12.5 Å². The van der Waals surface area contributed by atoms with Crippen LogP contribution < -0.4 is 0 Å². The van der Waals surface area contributed by atoms with Crippen LogP contribution in [0.4, 0.5) is 5.69 Å². The van der Waals surface area contributed by atoms with Gasteiger partial charge in [0, 0.05) is 10.5 Å². The van der Waals surface area contributed by atoms with Gasteiger partial charge in [-0.2, -0.15) is 0 Å². The minimum atomic E-state index is -0.450. The van der Waals surface area contributed by atoms with Crippen LogP contribution >= 0.6 is 15.9 Å². The van der Waals surface area contributed by atoms with E-state index < -0.39 is 4.92 Å². The van der Waals surface area contributed by atoms with Crippen LogP contribution in [0.2, 0.25) is 0 Å². The first-order valence-electron chi connectivity index (χ1n) is 4.08. The Morgan fingerprint density at radius 2 is 2.27 bits per heavy atom. The van der Waals surface area contributed by atoms with Gasteiger partial charge in [-0.3, -0.25) is 10.1 Å². The highest BCUT2D eigenvalue weighted by atomic mass is 79.9. The molecule has 0 bridgehead atoms. The van der Waals surface area contributed by atoms with Crippen molar-refractivity contribution >= 4 is 27.3 Å². The fraction of sp³-hybridized carbons (Fsp3) is 0.222. The van der Waals surface area contributed by atoms with Crippen LogP contribution in [0.25, 0.3) is 0 Å². The van der Waals surface area contributed by atoms with Crippen LogP contribution in [-0.2, 0) is 4.84 Å². The zero-order chi connectivity index (χ0) is 11.4. The van der Waals surface area contributed by atoms with Gasteiger partial charge in [-0.05, 0) is 19.1 Å². The molecule has 0 aliphatic rings. The average Bonchev–Trinajstić information content (AvgIpc) is 2.17. The Hall–Kier alpha value is -1.43. The molecule has 0 heterocycles. The van der Waals surface area contributed by atoms with Gasteiger partial charge in [-0.15, -0.1) is 0 Å². The SMILES string of the molecule is CO/N=C(/C)c1ccc(Br)cc1[N+](=O)[O-]. The lowest BCUT2D eigenvalue weighted by Gasteiger charge is -2.02. The summed E-state index contributed by atoms with van der Waals surface area (Å²) < 4.78 is 0.656. The van der Waals surface area contributed by atoms with E-state index in [1.165, 1.54) is 13.2 Å². The summed E-state index contributed by atoms with van der Waals surface area (Å²) in [6.07, 6.45) is 0. The topological polar surface area (TPSA) is 64.7 Å². The maximum Gasteiger partial charge on any atom is 0.279 e. The summed E-state index contributed by atoms with van der Waals surface area (Å²) in [6.45, 7) is 1.65. The Morgan fingerprint density at radius 3 is 2.80 bits per heavy atom. The van der Waals surface area contributed by atoms with E-state index in [-0.39, 0.29) is 5.69 Å². The van der Waals surface area contributed by atoms with Crippen molar-refractivity contribution in [3.8, 4) is 0 Å². The smallest absolute Gasteiger partial charge is 0.279 e. The number of hydrogen-bond donors (Lipinski definition) is 0. The van der Waals surface area contributed by atoms with Crippen LogP contribution in [0.15, 0.2) is 27.8 Å². The van der Waals surface area contributed by atoms with Crippen molar-refractivity contribution in [2.75, 3.05) is 7.11 Å². The van der Waals surface area contributed by atoms with E-state index in [1.807, 2.05) is 0 Å². The molecule has 0 saturated carbocycles. The second-order valence-corrected chi connectivity index (χ2v) is 3.69. The quantitative estimate of drug-likeness (QED) is 0.483. The van der Waals surface area contributed by atoms with Gasteiger partial charge in [0.1, 0.15) is 7.11 Å². The lowest BCUT2D eigenvalue weighted by atomic mass is 10.1. The normalized spacial score (nSPS) is 11.3. The largest absolute Gasteiger partial charge is 0.399 e. The molecule has 1 aromatic carbocycles. The summed E-state index contributed by atoms with van der Waals surface area (Å²) in [4.78, 5) is 14.9. The molecule has 0 N–H and O–H groups in total. The summed E-state index contributed by atoms with van der Waals surface area (Å²) in [7, 11) is 1.40. The maximum absolute atomic E-state index is 10.8. The molecule has 80 valence electrons. The minimum Gasteiger partial charge on any atom is -0.399 e. The number of rotatable bonds is 3. The molecule has 1 aromatic rings. The molecule has 0 radical (unpaired) electrons. The summed E-state index contributed by atoms with van der Waals surface area (Å²) >= 11 is 3.18. The molecule has 0 unspecified atom stereocenters. The summed E-state index contributed by atoms with van der Waals surface area (Å²) in [5.74, 6) is 0. The minimum absolute atomic E-state index is 0.00248.